The highest BCUT2D eigenvalue weighted by molar-refractivity contribution is 7.12. The van der Waals surface area contributed by atoms with Crippen molar-refractivity contribution in [3.63, 3.8) is 0 Å². The van der Waals surface area contributed by atoms with E-state index < -0.39 is 0 Å². The molecule has 1 aliphatic rings. The quantitative estimate of drug-likeness (QED) is 0.918. The lowest BCUT2D eigenvalue weighted by Crippen LogP contribution is -2.42. The molecule has 0 aromatic carbocycles. The Morgan fingerprint density at radius 1 is 1.63 bits per heavy atom. The second-order valence-corrected chi connectivity index (χ2v) is 6.35. The van der Waals surface area contributed by atoms with Gasteiger partial charge in [0.05, 0.1) is 25.2 Å². The highest BCUT2D eigenvalue weighted by Crippen LogP contribution is 2.26. The Hall–Kier alpha value is -0.910. The van der Waals surface area contributed by atoms with Gasteiger partial charge >= 0.3 is 0 Å². The smallest absolute Gasteiger partial charge is 0.225 e. The van der Waals surface area contributed by atoms with Crippen LogP contribution in [0.4, 0.5) is 0 Å². The standard InChI is InChI=1S/C14H22N2O2S/c1-10-4-5-13(19-10)11(2)16(3)14(17)8-12-9-15-6-7-18-12/h4-5,11-12,15H,6-9H2,1-3H3. The van der Waals surface area contributed by atoms with Gasteiger partial charge in [0.25, 0.3) is 0 Å². The summed E-state index contributed by atoms with van der Waals surface area (Å²) >= 11 is 1.75. The number of thiophene rings is 1. The van der Waals surface area contributed by atoms with E-state index in [0.717, 1.165) is 13.1 Å². The molecule has 0 saturated carbocycles. The summed E-state index contributed by atoms with van der Waals surface area (Å²) in [6.45, 7) is 6.51. The van der Waals surface area contributed by atoms with Crippen molar-refractivity contribution < 1.29 is 9.53 Å². The summed E-state index contributed by atoms with van der Waals surface area (Å²) in [5.74, 6) is 0.146. The number of carbonyl (C=O) groups is 1. The van der Waals surface area contributed by atoms with E-state index in [1.165, 1.54) is 9.75 Å². The van der Waals surface area contributed by atoms with Gasteiger partial charge in [-0.3, -0.25) is 4.79 Å². The van der Waals surface area contributed by atoms with Crippen LogP contribution in [0.3, 0.4) is 0 Å². The Morgan fingerprint density at radius 3 is 3.00 bits per heavy atom. The van der Waals surface area contributed by atoms with Crippen LogP contribution in [0.2, 0.25) is 0 Å². The zero-order valence-electron chi connectivity index (χ0n) is 11.8. The summed E-state index contributed by atoms with van der Waals surface area (Å²) in [6, 6.07) is 4.33. The largest absolute Gasteiger partial charge is 0.375 e. The summed E-state index contributed by atoms with van der Waals surface area (Å²) < 4.78 is 5.58. The van der Waals surface area contributed by atoms with Crippen LogP contribution < -0.4 is 5.32 Å². The number of morpholine rings is 1. The van der Waals surface area contributed by atoms with Crippen LogP contribution in [-0.4, -0.2) is 43.7 Å². The first-order valence-electron chi connectivity index (χ1n) is 6.72. The molecular weight excluding hydrogens is 260 g/mol. The van der Waals surface area contributed by atoms with E-state index in [9.17, 15) is 4.79 Å². The highest BCUT2D eigenvalue weighted by Gasteiger charge is 2.23. The molecule has 2 atom stereocenters. The molecule has 4 nitrogen and oxygen atoms in total. The fourth-order valence-electron chi connectivity index (χ4n) is 2.17. The van der Waals surface area contributed by atoms with Crippen LogP contribution in [0, 0.1) is 6.92 Å². The van der Waals surface area contributed by atoms with Crippen LogP contribution in [0.15, 0.2) is 12.1 Å². The van der Waals surface area contributed by atoms with Gasteiger partial charge in [0, 0.05) is 29.9 Å². The van der Waals surface area contributed by atoms with Crippen LogP contribution in [0.25, 0.3) is 0 Å². The number of carbonyl (C=O) groups excluding carboxylic acids is 1. The number of nitrogens with zero attached hydrogens (tertiary/aromatic N) is 1. The zero-order chi connectivity index (χ0) is 13.8. The maximum Gasteiger partial charge on any atom is 0.225 e. The Morgan fingerprint density at radius 2 is 2.42 bits per heavy atom. The van der Waals surface area contributed by atoms with E-state index in [2.05, 4.69) is 31.3 Å². The van der Waals surface area contributed by atoms with E-state index in [0.29, 0.717) is 13.0 Å². The summed E-state index contributed by atoms with van der Waals surface area (Å²) in [7, 11) is 1.87. The number of aryl methyl sites for hydroxylation is 1. The molecule has 19 heavy (non-hydrogen) atoms. The molecule has 0 radical (unpaired) electrons. The van der Waals surface area contributed by atoms with Crippen molar-refractivity contribution in [2.24, 2.45) is 0 Å². The normalized spacial score (nSPS) is 21.1. The SMILES string of the molecule is Cc1ccc(C(C)N(C)C(=O)CC2CNCCO2)s1. The molecule has 2 unspecified atom stereocenters. The second kappa shape index (κ2) is 6.50. The third-order valence-corrected chi connectivity index (χ3v) is 4.72. The number of hydrogen-bond acceptors (Lipinski definition) is 4. The molecule has 1 aromatic rings. The molecule has 1 N–H and O–H groups in total. The average molecular weight is 282 g/mol. The number of rotatable bonds is 4. The molecule has 106 valence electrons. The second-order valence-electron chi connectivity index (χ2n) is 5.03. The lowest BCUT2D eigenvalue weighted by molar-refractivity contribution is -0.135. The van der Waals surface area contributed by atoms with Gasteiger partial charge in [-0.05, 0) is 26.0 Å². The lowest BCUT2D eigenvalue weighted by atomic mass is 10.1. The van der Waals surface area contributed by atoms with E-state index in [1.807, 2.05) is 11.9 Å². The third-order valence-electron chi connectivity index (χ3n) is 3.55. The number of amides is 1. The molecule has 1 saturated heterocycles. The summed E-state index contributed by atoms with van der Waals surface area (Å²) in [5, 5.41) is 3.25. The van der Waals surface area contributed by atoms with Crippen molar-refractivity contribution in [2.75, 3.05) is 26.7 Å². The molecule has 1 fully saturated rings. The molecule has 1 aliphatic heterocycles. The van der Waals surface area contributed by atoms with Gasteiger partial charge in [-0.25, -0.2) is 0 Å². The van der Waals surface area contributed by atoms with Gasteiger partial charge < -0.3 is 15.0 Å². The summed E-state index contributed by atoms with van der Waals surface area (Å²) in [4.78, 5) is 16.6. The van der Waals surface area contributed by atoms with Gasteiger partial charge in [-0.15, -0.1) is 11.3 Å². The molecule has 0 aliphatic carbocycles. The monoisotopic (exact) mass is 282 g/mol. The van der Waals surface area contributed by atoms with Gasteiger partial charge in [0.2, 0.25) is 5.91 Å². The minimum Gasteiger partial charge on any atom is -0.375 e. The summed E-state index contributed by atoms with van der Waals surface area (Å²) in [5.41, 5.74) is 0. The predicted molar refractivity (Wildman–Crippen MR) is 77.5 cm³/mol. The zero-order valence-corrected chi connectivity index (χ0v) is 12.6. The highest BCUT2D eigenvalue weighted by atomic mass is 32.1. The Balaban J connectivity index is 1.90. The van der Waals surface area contributed by atoms with Crippen molar-refractivity contribution in [3.8, 4) is 0 Å². The van der Waals surface area contributed by atoms with Gasteiger partial charge in [0.15, 0.2) is 0 Å². The van der Waals surface area contributed by atoms with Crippen molar-refractivity contribution in [3.05, 3.63) is 21.9 Å². The van der Waals surface area contributed by atoms with Crippen LogP contribution >= 0.6 is 11.3 Å². The Bertz CT molecular complexity index is 427. The first-order chi connectivity index (χ1) is 9.08. The maximum atomic E-state index is 12.3. The van der Waals surface area contributed by atoms with E-state index in [-0.39, 0.29) is 18.1 Å². The van der Waals surface area contributed by atoms with Crippen molar-refractivity contribution in [1.29, 1.82) is 0 Å². The molecule has 0 bridgehead atoms. The lowest BCUT2D eigenvalue weighted by Gasteiger charge is -2.28. The van der Waals surface area contributed by atoms with Crippen LogP contribution in [0.1, 0.15) is 29.1 Å². The van der Waals surface area contributed by atoms with Gasteiger partial charge in [-0.1, -0.05) is 0 Å². The van der Waals surface area contributed by atoms with Gasteiger partial charge in [-0.2, -0.15) is 0 Å². The van der Waals surface area contributed by atoms with Crippen LogP contribution in [-0.2, 0) is 9.53 Å². The fourth-order valence-corrected chi connectivity index (χ4v) is 3.15. The van der Waals surface area contributed by atoms with E-state index in [1.54, 1.807) is 11.3 Å². The van der Waals surface area contributed by atoms with Gasteiger partial charge in [0.1, 0.15) is 0 Å². The first-order valence-corrected chi connectivity index (χ1v) is 7.54. The Labute approximate surface area is 118 Å². The fraction of sp³-hybridized carbons (Fsp3) is 0.643. The minimum atomic E-state index is 0.0148. The number of hydrogen-bond donors (Lipinski definition) is 1. The average Bonchev–Trinajstić information content (AvgIpc) is 2.85. The van der Waals surface area contributed by atoms with E-state index in [4.69, 9.17) is 4.74 Å². The topological polar surface area (TPSA) is 41.6 Å². The molecule has 2 heterocycles. The maximum absolute atomic E-state index is 12.3. The summed E-state index contributed by atoms with van der Waals surface area (Å²) in [6.07, 6.45) is 0.471. The van der Waals surface area contributed by atoms with Crippen molar-refractivity contribution in [2.45, 2.75) is 32.4 Å². The predicted octanol–water partition coefficient (Wildman–Crippen LogP) is 1.95. The van der Waals surface area contributed by atoms with E-state index >= 15 is 0 Å². The Kier molecular flexibility index (Phi) is 4.96. The minimum absolute atomic E-state index is 0.0148. The molecule has 2 rings (SSSR count). The third kappa shape index (κ3) is 3.78. The van der Waals surface area contributed by atoms with Crippen molar-refractivity contribution in [1.82, 2.24) is 10.2 Å². The van der Waals surface area contributed by atoms with Crippen molar-refractivity contribution >= 4 is 17.2 Å². The molecule has 1 aromatic heterocycles. The molecular formula is C14H22N2O2S. The molecule has 0 spiro atoms. The number of ether oxygens (including phenoxy) is 1. The number of nitrogens with one attached hydrogen (secondary N) is 1. The van der Waals surface area contributed by atoms with Crippen LogP contribution in [0.5, 0.6) is 0 Å². The molecule has 5 heteroatoms. The molecule has 1 amide bonds. The first kappa shape index (κ1) is 14.5.